The lowest BCUT2D eigenvalue weighted by molar-refractivity contribution is -0.384. The van der Waals surface area contributed by atoms with Gasteiger partial charge in [-0.25, -0.2) is 8.42 Å². The minimum Gasteiger partial charge on any atom is -0.465 e. The summed E-state index contributed by atoms with van der Waals surface area (Å²) < 4.78 is 32.7. The zero-order chi connectivity index (χ0) is 20.2. The van der Waals surface area contributed by atoms with Gasteiger partial charge in [-0.15, -0.1) is 0 Å². The third-order valence-corrected chi connectivity index (χ3v) is 5.94. The summed E-state index contributed by atoms with van der Waals surface area (Å²) in [5.74, 6) is -0.726. The molecule has 0 unspecified atom stereocenters. The predicted molar refractivity (Wildman–Crippen MR) is 103 cm³/mol. The van der Waals surface area contributed by atoms with Crippen molar-refractivity contribution in [2.75, 3.05) is 17.5 Å². The van der Waals surface area contributed by atoms with Crippen LogP contribution in [0.1, 0.15) is 12.5 Å². The number of carbonyl (C=O) groups excluding carboxylic acids is 1. The number of anilines is 1. The summed E-state index contributed by atoms with van der Waals surface area (Å²) in [5, 5.41) is 10.9. The maximum atomic E-state index is 13.1. The maximum absolute atomic E-state index is 13.1. The second kappa shape index (κ2) is 8.49. The summed E-state index contributed by atoms with van der Waals surface area (Å²) in [5.41, 5.74) is 0.333. The van der Waals surface area contributed by atoms with Crippen molar-refractivity contribution >= 4 is 43.3 Å². The first kappa shape index (κ1) is 20.8. The van der Waals surface area contributed by atoms with E-state index in [1.54, 1.807) is 19.1 Å². The van der Waals surface area contributed by atoms with Crippen molar-refractivity contribution in [3.63, 3.8) is 0 Å². The van der Waals surface area contributed by atoms with Gasteiger partial charge in [-0.2, -0.15) is 0 Å². The van der Waals surface area contributed by atoms with Crippen molar-refractivity contribution in [1.82, 2.24) is 0 Å². The van der Waals surface area contributed by atoms with Gasteiger partial charge in [0.05, 0.1) is 22.1 Å². The summed E-state index contributed by atoms with van der Waals surface area (Å²) in [6.45, 7) is 2.70. The molecule has 0 aromatic heterocycles. The van der Waals surface area contributed by atoms with Crippen LogP contribution >= 0.6 is 15.9 Å². The molecule has 8 nitrogen and oxygen atoms in total. The highest BCUT2D eigenvalue weighted by molar-refractivity contribution is 9.10. The largest absolute Gasteiger partial charge is 0.465 e. The van der Waals surface area contributed by atoms with Gasteiger partial charge in [0.1, 0.15) is 6.54 Å². The Labute approximate surface area is 165 Å². The number of nitro benzene ring substituents is 1. The number of esters is 1. The zero-order valence-electron chi connectivity index (χ0n) is 14.6. The molecule has 0 bridgehead atoms. The molecule has 144 valence electrons. The third kappa shape index (κ3) is 4.83. The fraction of sp³-hybridized carbons (Fsp3) is 0.235. The molecule has 0 aliphatic carbocycles. The highest BCUT2D eigenvalue weighted by Gasteiger charge is 2.29. The van der Waals surface area contributed by atoms with Crippen LogP contribution in [-0.2, 0) is 19.6 Å². The zero-order valence-corrected chi connectivity index (χ0v) is 17.0. The first-order valence-electron chi connectivity index (χ1n) is 7.85. The number of sulfonamides is 1. The molecule has 2 aromatic rings. The van der Waals surface area contributed by atoms with Gasteiger partial charge in [0, 0.05) is 16.6 Å². The number of non-ortho nitro benzene ring substituents is 1. The average Bonchev–Trinajstić information content (AvgIpc) is 2.60. The molecule has 0 saturated heterocycles. The second-order valence-corrected chi connectivity index (χ2v) is 8.28. The predicted octanol–water partition coefficient (Wildman–Crippen LogP) is 3.42. The molecule has 0 radical (unpaired) electrons. The van der Waals surface area contributed by atoms with Crippen molar-refractivity contribution in [3.05, 3.63) is 62.6 Å². The summed E-state index contributed by atoms with van der Waals surface area (Å²) in [6, 6.07) is 9.69. The standard InChI is InChI=1S/C17H17BrN2O6S/c1-3-26-17(21)11-19(16-9-6-14(20(22)23)10-12(16)2)27(24,25)15-7-4-13(18)5-8-15/h4-10H,3,11H2,1-2H3. The molecule has 10 heteroatoms. The van der Waals surface area contributed by atoms with Crippen LogP contribution in [0.5, 0.6) is 0 Å². The van der Waals surface area contributed by atoms with Crippen LogP contribution in [0.25, 0.3) is 0 Å². The lowest BCUT2D eigenvalue weighted by Crippen LogP contribution is -2.37. The van der Waals surface area contributed by atoms with E-state index < -0.39 is 27.5 Å². The Hall–Kier alpha value is -2.46. The van der Waals surface area contributed by atoms with E-state index in [-0.39, 0.29) is 22.9 Å². The molecule has 0 amide bonds. The smallest absolute Gasteiger partial charge is 0.326 e. The van der Waals surface area contributed by atoms with Gasteiger partial charge < -0.3 is 4.74 Å². The third-order valence-electron chi connectivity index (χ3n) is 3.64. The Morgan fingerprint density at radius 2 is 1.85 bits per heavy atom. The minimum atomic E-state index is -4.10. The molecule has 0 N–H and O–H groups in total. The molecule has 0 aliphatic heterocycles. The SMILES string of the molecule is CCOC(=O)CN(c1ccc([N+](=O)[O-])cc1C)S(=O)(=O)c1ccc(Br)cc1. The van der Waals surface area contributed by atoms with Crippen molar-refractivity contribution in [2.24, 2.45) is 0 Å². The first-order chi connectivity index (χ1) is 12.7. The highest BCUT2D eigenvalue weighted by Crippen LogP contribution is 2.30. The van der Waals surface area contributed by atoms with E-state index >= 15 is 0 Å². The molecule has 0 fully saturated rings. The summed E-state index contributed by atoms with van der Waals surface area (Å²) in [6.07, 6.45) is 0. The molecule has 2 rings (SSSR count). The molecule has 0 spiro atoms. The summed E-state index contributed by atoms with van der Waals surface area (Å²) in [4.78, 5) is 22.3. The number of hydrogen-bond donors (Lipinski definition) is 0. The van der Waals surface area contributed by atoms with Gasteiger partial charge in [-0.05, 0) is 49.7 Å². The highest BCUT2D eigenvalue weighted by atomic mass is 79.9. The topological polar surface area (TPSA) is 107 Å². The van der Waals surface area contributed by atoms with Crippen molar-refractivity contribution in [1.29, 1.82) is 0 Å². The number of benzene rings is 2. The molecule has 0 heterocycles. The maximum Gasteiger partial charge on any atom is 0.326 e. The normalized spacial score (nSPS) is 11.1. The van der Waals surface area contributed by atoms with E-state index in [9.17, 15) is 23.3 Å². The summed E-state index contributed by atoms with van der Waals surface area (Å²) >= 11 is 3.24. The number of nitrogens with zero attached hydrogens (tertiary/aromatic N) is 2. The van der Waals surface area contributed by atoms with E-state index in [0.717, 1.165) is 4.31 Å². The fourth-order valence-electron chi connectivity index (χ4n) is 2.39. The van der Waals surface area contributed by atoms with Gasteiger partial charge in [0.15, 0.2) is 0 Å². The second-order valence-electron chi connectivity index (χ2n) is 5.50. The van der Waals surface area contributed by atoms with Crippen LogP contribution in [-0.4, -0.2) is 32.5 Å². The number of halogens is 1. The number of nitro groups is 1. The van der Waals surface area contributed by atoms with Crippen molar-refractivity contribution < 1.29 is 22.9 Å². The van der Waals surface area contributed by atoms with Crippen LogP contribution in [0.15, 0.2) is 51.8 Å². The van der Waals surface area contributed by atoms with Gasteiger partial charge in [0.25, 0.3) is 15.7 Å². The van der Waals surface area contributed by atoms with Crippen molar-refractivity contribution in [2.45, 2.75) is 18.7 Å². The number of aryl methyl sites for hydroxylation is 1. The van der Waals surface area contributed by atoms with Gasteiger partial charge in [-0.1, -0.05) is 15.9 Å². The molecule has 27 heavy (non-hydrogen) atoms. The quantitative estimate of drug-likeness (QED) is 0.358. The summed E-state index contributed by atoms with van der Waals surface area (Å²) in [7, 11) is -4.10. The van der Waals surface area contributed by atoms with E-state index in [1.165, 1.54) is 37.3 Å². The van der Waals surface area contributed by atoms with E-state index in [1.807, 2.05) is 0 Å². The number of rotatable bonds is 7. The molecule has 0 saturated carbocycles. The van der Waals surface area contributed by atoms with E-state index in [4.69, 9.17) is 4.74 Å². The molecule has 0 atom stereocenters. The molecular formula is C17H17BrN2O6S. The Bertz CT molecular complexity index is 960. The van der Waals surface area contributed by atoms with Gasteiger partial charge in [0.2, 0.25) is 0 Å². The van der Waals surface area contributed by atoms with E-state index in [0.29, 0.717) is 10.0 Å². The minimum absolute atomic E-state index is 0.0206. The van der Waals surface area contributed by atoms with Crippen LogP contribution in [0.4, 0.5) is 11.4 Å². The Balaban J connectivity index is 2.56. The molecule has 2 aromatic carbocycles. The van der Waals surface area contributed by atoms with Crippen LogP contribution in [0.3, 0.4) is 0 Å². The lowest BCUT2D eigenvalue weighted by atomic mass is 10.2. The monoisotopic (exact) mass is 456 g/mol. The molecule has 0 aliphatic rings. The van der Waals surface area contributed by atoms with Gasteiger partial charge in [-0.3, -0.25) is 19.2 Å². The first-order valence-corrected chi connectivity index (χ1v) is 10.1. The van der Waals surface area contributed by atoms with Crippen LogP contribution in [0, 0.1) is 17.0 Å². The van der Waals surface area contributed by atoms with Gasteiger partial charge >= 0.3 is 5.97 Å². The lowest BCUT2D eigenvalue weighted by Gasteiger charge is -2.25. The number of hydrogen-bond acceptors (Lipinski definition) is 6. The van der Waals surface area contributed by atoms with E-state index in [2.05, 4.69) is 15.9 Å². The van der Waals surface area contributed by atoms with Crippen molar-refractivity contribution in [3.8, 4) is 0 Å². The fourth-order valence-corrected chi connectivity index (χ4v) is 4.13. The average molecular weight is 457 g/mol. The number of carbonyl (C=O) groups is 1. The molecular weight excluding hydrogens is 440 g/mol. The number of ether oxygens (including phenoxy) is 1. The Kier molecular flexibility index (Phi) is 6.55. The van der Waals surface area contributed by atoms with Crippen LogP contribution in [0.2, 0.25) is 0 Å². The Morgan fingerprint density at radius 3 is 2.37 bits per heavy atom. The Morgan fingerprint density at radius 1 is 1.22 bits per heavy atom. The van der Waals surface area contributed by atoms with Crippen LogP contribution < -0.4 is 4.31 Å².